The molecule has 1 rings (SSSR count). The molecule has 102 valence electrons. The van der Waals surface area contributed by atoms with Gasteiger partial charge in [0.15, 0.2) is 0 Å². The molecule has 1 saturated carbocycles. The van der Waals surface area contributed by atoms with Crippen LogP contribution in [-0.2, 0) is 0 Å². The maximum atomic E-state index is 2.42. The summed E-state index contributed by atoms with van der Waals surface area (Å²) in [6.07, 6.45) is 5.81. The first kappa shape index (κ1) is 21.3. The van der Waals surface area contributed by atoms with E-state index in [1.807, 2.05) is 41.5 Å². The van der Waals surface area contributed by atoms with Gasteiger partial charge in [-0.05, 0) is 17.8 Å². The lowest BCUT2D eigenvalue weighted by molar-refractivity contribution is 0.174. The molecule has 0 aromatic heterocycles. The average molecular weight is 230 g/mol. The van der Waals surface area contributed by atoms with Gasteiger partial charge in [0.1, 0.15) is 0 Å². The Morgan fingerprint density at radius 1 is 0.750 bits per heavy atom. The molecule has 1 fully saturated rings. The second-order valence-corrected chi connectivity index (χ2v) is 3.96. The first-order valence-electron chi connectivity index (χ1n) is 7.75. The van der Waals surface area contributed by atoms with Crippen LogP contribution < -0.4 is 0 Å². The Labute approximate surface area is 106 Å². The third-order valence-corrected chi connectivity index (χ3v) is 3.25. The van der Waals surface area contributed by atoms with Crippen molar-refractivity contribution in [3.05, 3.63) is 0 Å². The SMILES string of the molecule is CC.CC.CC.CCC1C(C)CCCC1C. The monoisotopic (exact) mass is 230 g/mol. The van der Waals surface area contributed by atoms with Gasteiger partial charge in [-0.15, -0.1) is 0 Å². The minimum absolute atomic E-state index is 0.994. The van der Waals surface area contributed by atoms with Crippen molar-refractivity contribution in [1.82, 2.24) is 0 Å². The van der Waals surface area contributed by atoms with E-state index in [4.69, 9.17) is 0 Å². The van der Waals surface area contributed by atoms with E-state index in [1.165, 1.54) is 25.7 Å². The molecule has 16 heavy (non-hydrogen) atoms. The van der Waals surface area contributed by atoms with E-state index < -0.39 is 0 Å². The Hall–Kier alpha value is 0. The molecule has 0 aliphatic heterocycles. The molecular formula is C16H38. The number of hydrogen-bond acceptors (Lipinski definition) is 0. The number of rotatable bonds is 1. The molecule has 1 aliphatic rings. The predicted molar refractivity (Wildman–Crippen MR) is 80.0 cm³/mol. The van der Waals surface area contributed by atoms with Crippen molar-refractivity contribution >= 4 is 0 Å². The van der Waals surface area contributed by atoms with Crippen molar-refractivity contribution in [3.63, 3.8) is 0 Å². The van der Waals surface area contributed by atoms with Crippen LogP contribution in [0.25, 0.3) is 0 Å². The van der Waals surface area contributed by atoms with E-state index in [2.05, 4.69) is 20.8 Å². The summed E-state index contributed by atoms with van der Waals surface area (Å²) in [5.41, 5.74) is 0. The largest absolute Gasteiger partial charge is 0.0683 e. The molecule has 0 radical (unpaired) electrons. The Balaban J connectivity index is -0.000000245. The van der Waals surface area contributed by atoms with Crippen molar-refractivity contribution in [2.75, 3.05) is 0 Å². The standard InChI is InChI=1S/C10H20.3C2H6/c1-4-10-8(2)6-5-7-9(10)3;3*1-2/h8-10H,4-7H2,1-3H3;3*1-2H3. The first-order valence-corrected chi connectivity index (χ1v) is 7.75. The highest BCUT2D eigenvalue weighted by atomic mass is 14.3. The third kappa shape index (κ3) is 9.24. The van der Waals surface area contributed by atoms with E-state index in [-0.39, 0.29) is 0 Å². The first-order chi connectivity index (χ1) is 7.75. The molecule has 0 bridgehead atoms. The van der Waals surface area contributed by atoms with Crippen LogP contribution in [0.3, 0.4) is 0 Å². The lowest BCUT2D eigenvalue weighted by Gasteiger charge is -2.33. The van der Waals surface area contributed by atoms with Gasteiger partial charge in [-0.3, -0.25) is 0 Å². The molecule has 0 heteroatoms. The van der Waals surface area contributed by atoms with Crippen LogP contribution in [0.15, 0.2) is 0 Å². The minimum atomic E-state index is 0.994. The Kier molecular flexibility index (Phi) is 23.2. The van der Waals surface area contributed by atoms with Crippen molar-refractivity contribution in [3.8, 4) is 0 Å². The smallest absolute Gasteiger partial charge is 0.0365 e. The predicted octanol–water partition coefficient (Wildman–Crippen LogP) is 6.55. The summed E-state index contributed by atoms with van der Waals surface area (Å²) < 4.78 is 0. The summed E-state index contributed by atoms with van der Waals surface area (Å²) in [4.78, 5) is 0. The van der Waals surface area contributed by atoms with Crippen LogP contribution in [0.5, 0.6) is 0 Å². The van der Waals surface area contributed by atoms with Gasteiger partial charge in [-0.1, -0.05) is 88.0 Å². The second kappa shape index (κ2) is 17.4. The summed E-state index contributed by atoms with van der Waals surface area (Å²) in [5, 5.41) is 0. The second-order valence-electron chi connectivity index (χ2n) is 3.96. The van der Waals surface area contributed by atoms with Gasteiger partial charge < -0.3 is 0 Å². The van der Waals surface area contributed by atoms with Crippen molar-refractivity contribution < 1.29 is 0 Å². The van der Waals surface area contributed by atoms with Crippen LogP contribution in [0.2, 0.25) is 0 Å². The van der Waals surface area contributed by atoms with E-state index in [0.29, 0.717) is 0 Å². The third-order valence-electron chi connectivity index (χ3n) is 3.25. The van der Waals surface area contributed by atoms with Gasteiger partial charge >= 0.3 is 0 Å². The van der Waals surface area contributed by atoms with E-state index >= 15 is 0 Å². The molecular weight excluding hydrogens is 192 g/mol. The van der Waals surface area contributed by atoms with Crippen molar-refractivity contribution in [2.45, 2.75) is 88.0 Å². The topological polar surface area (TPSA) is 0 Å². The maximum Gasteiger partial charge on any atom is -0.0365 e. The van der Waals surface area contributed by atoms with Gasteiger partial charge in [-0.25, -0.2) is 0 Å². The zero-order chi connectivity index (χ0) is 13.6. The molecule has 0 N–H and O–H groups in total. The summed E-state index contributed by atoms with van der Waals surface area (Å²) >= 11 is 0. The molecule has 0 aromatic rings. The van der Waals surface area contributed by atoms with Gasteiger partial charge in [0.25, 0.3) is 0 Å². The molecule has 0 aromatic carbocycles. The molecule has 0 saturated heterocycles. The summed E-state index contributed by atoms with van der Waals surface area (Å²) in [6, 6.07) is 0. The highest BCUT2D eigenvalue weighted by molar-refractivity contribution is 4.76. The zero-order valence-corrected chi connectivity index (χ0v) is 13.6. The zero-order valence-electron chi connectivity index (χ0n) is 13.6. The van der Waals surface area contributed by atoms with Crippen LogP contribution >= 0.6 is 0 Å². The van der Waals surface area contributed by atoms with Crippen molar-refractivity contribution in [2.24, 2.45) is 17.8 Å². The molecule has 1 aliphatic carbocycles. The van der Waals surface area contributed by atoms with Gasteiger partial charge in [0.05, 0.1) is 0 Å². The minimum Gasteiger partial charge on any atom is -0.0683 e. The van der Waals surface area contributed by atoms with E-state index in [1.54, 1.807) is 0 Å². The highest BCUT2D eigenvalue weighted by Gasteiger charge is 2.25. The fraction of sp³-hybridized carbons (Fsp3) is 1.00. The normalized spacial score (nSPS) is 27.2. The van der Waals surface area contributed by atoms with E-state index in [9.17, 15) is 0 Å². The fourth-order valence-electron chi connectivity index (χ4n) is 2.56. The molecule has 2 atom stereocenters. The lowest BCUT2D eigenvalue weighted by atomic mass is 9.72. The van der Waals surface area contributed by atoms with Crippen LogP contribution in [0, 0.1) is 17.8 Å². The number of hydrogen-bond donors (Lipinski definition) is 0. The Morgan fingerprint density at radius 2 is 1.06 bits per heavy atom. The maximum absolute atomic E-state index is 2.42. The summed E-state index contributed by atoms with van der Waals surface area (Å²) in [5.74, 6) is 3.01. The van der Waals surface area contributed by atoms with Gasteiger partial charge in [-0.2, -0.15) is 0 Å². The van der Waals surface area contributed by atoms with Crippen molar-refractivity contribution in [1.29, 1.82) is 0 Å². The molecule has 0 nitrogen and oxygen atoms in total. The molecule has 0 amide bonds. The highest BCUT2D eigenvalue weighted by Crippen LogP contribution is 2.35. The van der Waals surface area contributed by atoms with Crippen LogP contribution in [0.4, 0.5) is 0 Å². The van der Waals surface area contributed by atoms with Gasteiger partial charge in [0.2, 0.25) is 0 Å². The molecule has 0 heterocycles. The van der Waals surface area contributed by atoms with E-state index in [0.717, 1.165) is 17.8 Å². The van der Waals surface area contributed by atoms with Crippen LogP contribution in [-0.4, -0.2) is 0 Å². The quantitative estimate of drug-likeness (QED) is 0.479. The molecule has 0 spiro atoms. The Bertz CT molecular complexity index is 86.2. The molecule has 2 unspecified atom stereocenters. The average Bonchev–Trinajstić information content (AvgIpc) is 2.37. The van der Waals surface area contributed by atoms with Crippen LogP contribution in [0.1, 0.15) is 88.0 Å². The van der Waals surface area contributed by atoms with Gasteiger partial charge in [0, 0.05) is 0 Å². The lowest BCUT2D eigenvalue weighted by Crippen LogP contribution is -2.23. The Morgan fingerprint density at radius 3 is 1.25 bits per heavy atom. The summed E-state index contributed by atoms with van der Waals surface area (Å²) in [6.45, 7) is 19.2. The fourth-order valence-corrected chi connectivity index (χ4v) is 2.56. The summed E-state index contributed by atoms with van der Waals surface area (Å²) in [7, 11) is 0.